The van der Waals surface area contributed by atoms with Gasteiger partial charge in [-0.15, -0.1) is 24.0 Å². The van der Waals surface area contributed by atoms with E-state index in [9.17, 15) is 0 Å². The van der Waals surface area contributed by atoms with E-state index in [4.69, 9.17) is 14.2 Å². The lowest BCUT2D eigenvalue weighted by atomic mass is 10.1. The molecule has 0 saturated carbocycles. The molecule has 2 aromatic carbocycles. The average molecular weight is 539 g/mol. The molecule has 1 heterocycles. The second-order valence-corrected chi connectivity index (χ2v) is 7.42. The summed E-state index contributed by atoms with van der Waals surface area (Å²) in [5, 5.41) is 3.41. The number of likely N-dealkylation sites (N-methyl/N-ethyl adjacent to an activating group) is 1. The molecule has 1 aliphatic heterocycles. The van der Waals surface area contributed by atoms with Gasteiger partial charge in [-0.25, -0.2) is 0 Å². The molecule has 1 fully saturated rings. The summed E-state index contributed by atoms with van der Waals surface area (Å²) in [6, 6.07) is 18.4. The Bertz CT molecular complexity index is 765. The number of halogens is 1. The second kappa shape index (κ2) is 14.3. The summed E-state index contributed by atoms with van der Waals surface area (Å²) in [4.78, 5) is 6.44. The van der Waals surface area contributed by atoms with E-state index in [0.717, 1.165) is 50.9 Å². The van der Waals surface area contributed by atoms with Crippen LogP contribution in [0.2, 0.25) is 0 Å². The normalized spacial score (nSPS) is 14.6. The van der Waals surface area contributed by atoms with Crippen LogP contribution < -0.4 is 10.1 Å². The summed E-state index contributed by atoms with van der Waals surface area (Å²) in [6.45, 7) is 4.34. The van der Waals surface area contributed by atoms with Crippen molar-refractivity contribution in [2.75, 3.05) is 40.5 Å². The predicted octanol–water partition coefficient (Wildman–Crippen LogP) is 4.09. The lowest BCUT2D eigenvalue weighted by molar-refractivity contribution is -0.0390. The van der Waals surface area contributed by atoms with Crippen LogP contribution in [-0.4, -0.2) is 57.4 Å². The Hall–Kier alpha value is -1.84. The summed E-state index contributed by atoms with van der Waals surface area (Å²) in [5.41, 5.74) is 2.41. The Morgan fingerprint density at radius 3 is 2.42 bits per heavy atom. The molecule has 0 spiro atoms. The van der Waals surface area contributed by atoms with Crippen LogP contribution >= 0.6 is 24.0 Å². The first kappa shape index (κ1) is 25.4. The maximum absolute atomic E-state index is 5.99. The van der Waals surface area contributed by atoms with Gasteiger partial charge < -0.3 is 24.4 Å². The van der Waals surface area contributed by atoms with Gasteiger partial charge in [0.25, 0.3) is 0 Å². The zero-order valence-corrected chi connectivity index (χ0v) is 20.8. The molecule has 170 valence electrons. The molecular weight excluding hydrogens is 505 g/mol. The van der Waals surface area contributed by atoms with Gasteiger partial charge in [0.15, 0.2) is 5.96 Å². The van der Waals surface area contributed by atoms with E-state index in [1.54, 1.807) is 7.05 Å². The SMILES string of the molecule is CN=C(NCc1ccc(COC2CCOCC2)cc1)N(C)CCOc1ccccc1.I. The highest BCUT2D eigenvalue weighted by Crippen LogP contribution is 2.14. The quantitative estimate of drug-likeness (QED) is 0.296. The minimum atomic E-state index is 0. The summed E-state index contributed by atoms with van der Waals surface area (Å²) in [6.07, 6.45) is 2.31. The molecule has 0 atom stereocenters. The summed E-state index contributed by atoms with van der Waals surface area (Å²) >= 11 is 0. The van der Waals surface area contributed by atoms with Gasteiger partial charge >= 0.3 is 0 Å². The Morgan fingerprint density at radius 1 is 1.06 bits per heavy atom. The zero-order valence-electron chi connectivity index (χ0n) is 18.5. The highest BCUT2D eigenvalue weighted by molar-refractivity contribution is 14.0. The van der Waals surface area contributed by atoms with Crippen LogP contribution in [0.1, 0.15) is 24.0 Å². The van der Waals surface area contributed by atoms with Gasteiger partial charge in [0.2, 0.25) is 0 Å². The lowest BCUT2D eigenvalue weighted by Crippen LogP contribution is -2.40. The number of aliphatic imine (C=N–C) groups is 1. The largest absolute Gasteiger partial charge is 0.492 e. The Balaban J connectivity index is 0.00000341. The van der Waals surface area contributed by atoms with Crippen LogP contribution in [0.5, 0.6) is 5.75 Å². The van der Waals surface area contributed by atoms with Crippen LogP contribution in [-0.2, 0) is 22.6 Å². The lowest BCUT2D eigenvalue weighted by Gasteiger charge is -2.23. The smallest absolute Gasteiger partial charge is 0.193 e. The molecule has 0 unspecified atom stereocenters. The molecule has 0 aromatic heterocycles. The first-order valence-corrected chi connectivity index (χ1v) is 10.6. The number of rotatable bonds is 9. The summed E-state index contributed by atoms with van der Waals surface area (Å²) in [7, 11) is 3.81. The van der Waals surface area contributed by atoms with Crippen molar-refractivity contribution < 1.29 is 14.2 Å². The molecule has 1 saturated heterocycles. The first-order chi connectivity index (χ1) is 14.7. The molecule has 0 bridgehead atoms. The van der Waals surface area contributed by atoms with Gasteiger partial charge in [0, 0.05) is 33.9 Å². The van der Waals surface area contributed by atoms with Crippen molar-refractivity contribution in [3.05, 3.63) is 65.7 Å². The maximum atomic E-state index is 5.99. The fourth-order valence-electron chi connectivity index (χ4n) is 3.30. The Labute approximate surface area is 203 Å². The third-order valence-corrected chi connectivity index (χ3v) is 5.14. The number of nitrogens with one attached hydrogen (secondary N) is 1. The van der Waals surface area contributed by atoms with Crippen molar-refractivity contribution in [2.24, 2.45) is 4.99 Å². The summed E-state index contributed by atoms with van der Waals surface area (Å²) in [5.74, 6) is 1.73. The van der Waals surface area contributed by atoms with E-state index in [2.05, 4.69) is 39.5 Å². The highest BCUT2D eigenvalue weighted by atomic mass is 127. The van der Waals surface area contributed by atoms with E-state index in [1.807, 2.05) is 37.4 Å². The van der Waals surface area contributed by atoms with Crippen molar-refractivity contribution in [3.8, 4) is 5.75 Å². The third-order valence-electron chi connectivity index (χ3n) is 5.14. The van der Waals surface area contributed by atoms with Crippen LogP contribution in [0, 0.1) is 0 Å². The molecule has 3 rings (SSSR count). The van der Waals surface area contributed by atoms with Crippen molar-refractivity contribution in [1.82, 2.24) is 10.2 Å². The topological polar surface area (TPSA) is 55.3 Å². The zero-order chi connectivity index (χ0) is 21.0. The van der Waals surface area contributed by atoms with E-state index >= 15 is 0 Å². The molecule has 2 aromatic rings. The van der Waals surface area contributed by atoms with Gasteiger partial charge in [-0.1, -0.05) is 42.5 Å². The molecule has 0 amide bonds. The van der Waals surface area contributed by atoms with Gasteiger partial charge in [0.1, 0.15) is 12.4 Å². The highest BCUT2D eigenvalue weighted by Gasteiger charge is 2.14. The number of nitrogens with zero attached hydrogens (tertiary/aromatic N) is 2. The number of hydrogen-bond acceptors (Lipinski definition) is 4. The Kier molecular flexibility index (Phi) is 11.7. The minimum absolute atomic E-state index is 0. The second-order valence-electron chi connectivity index (χ2n) is 7.42. The van der Waals surface area contributed by atoms with E-state index in [-0.39, 0.29) is 24.0 Å². The predicted molar refractivity (Wildman–Crippen MR) is 135 cm³/mol. The van der Waals surface area contributed by atoms with Gasteiger partial charge in [-0.2, -0.15) is 0 Å². The molecule has 31 heavy (non-hydrogen) atoms. The Morgan fingerprint density at radius 2 is 1.74 bits per heavy atom. The number of ether oxygens (including phenoxy) is 3. The standard InChI is InChI=1S/C24H33N3O3.HI/c1-25-24(27(2)14-17-29-22-6-4-3-5-7-22)26-18-20-8-10-21(11-9-20)19-30-23-12-15-28-16-13-23;/h3-11,23H,12-19H2,1-2H3,(H,25,26);1H. The molecule has 7 heteroatoms. The third kappa shape index (κ3) is 9.04. The molecule has 0 aliphatic carbocycles. The number of para-hydroxylation sites is 1. The van der Waals surface area contributed by atoms with Gasteiger partial charge in [0.05, 0.1) is 19.3 Å². The van der Waals surface area contributed by atoms with Crippen molar-refractivity contribution in [2.45, 2.75) is 32.1 Å². The fraction of sp³-hybridized carbons (Fsp3) is 0.458. The number of benzene rings is 2. The van der Waals surface area contributed by atoms with Gasteiger partial charge in [-0.05, 0) is 36.1 Å². The molecule has 6 nitrogen and oxygen atoms in total. The first-order valence-electron chi connectivity index (χ1n) is 10.6. The molecule has 1 N–H and O–H groups in total. The average Bonchev–Trinajstić information content (AvgIpc) is 2.80. The van der Waals surface area contributed by atoms with Crippen molar-refractivity contribution >= 4 is 29.9 Å². The van der Waals surface area contributed by atoms with Crippen LogP contribution in [0.25, 0.3) is 0 Å². The number of hydrogen-bond donors (Lipinski definition) is 1. The molecule has 1 aliphatic rings. The van der Waals surface area contributed by atoms with Crippen molar-refractivity contribution in [3.63, 3.8) is 0 Å². The van der Waals surface area contributed by atoms with Crippen LogP contribution in [0.15, 0.2) is 59.6 Å². The fourth-order valence-corrected chi connectivity index (χ4v) is 3.30. The minimum Gasteiger partial charge on any atom is -0.492 e. The van der Waals surface area contributed by atoms with E-state index in [1.165, 1.54) is 11.1 Å². The van der Waals surface area contributed by atoms with Crippen LogP contribution in [0.3, 0.4) is 0 Å². The maximum Gasteiger partial charge on any atom is 0.193 e. The van der Waals surface area contributed by atoms with E-state index in [0.29, 0.717) is 19.3 Å². The number of guanidine groups is 1. The van der Waals surface area contributed by atoms with E-state index < -0.39 is 0 Å². The van der Waals surface area contributed by atoms with Crippen molar-refractivity contribution in [1.29, 1.82) is 0 Å². The molecular formula is C24H34IN3O3. The van der Waals surface area contributed by atoms with Crippen LogP contribution in [0.4, 0.5) is 0 Å². The monoisotopic (exact) mass is 539 g/mol. The van der Waals surface area contributed by atoms with Gasteiger partial charge in [-0.3, -0.25) is 4.99 Å². The molecule has 0 radical (unpaired) electrons. The summed E-state index contributed by atoms with van der Waals surface area (Å²) < 4.78 is 17.1.